The van der Waals surface area contributed by atoms with E-state index in [1.54, 1.807) is 10.9 Å². The van der Waals surface area contributed by atoms with Crippen LogP contribution in [-0.4, -0.2) is 47.7 Å². The van der Waals surface area contributed by atoms with Crippen molar-refractivity contribution in [2.75, 3.05) is 11.9 Å². The molecule has 10 heteroatoms. The van der Waals surface area contributed by atoms with Gasteiger partial charge in [0.2, 0.25) is 5.95 Å². The Morgan fingerprint density at radius 3 is 2.94 bits per heavy atom. The third-order valence-corrected chi connectivity index (χ3v) is 7.18. The van der Waals surface area contributed by atoms with Crippen molar-refractivity contribution >= 4 is 44.2 Å². The molecule has 0 saturated heterocycles. The average molecular weight is 499 g/mol. The standard InChI is InChI=1S/C21H21BrN7OS/c1-12-26-27-19(31-12)13-3-5-15(6-4-13)29-18-16(17(22)28-29)10-23-20(25-18)24-14-7-8-21(2,9-14)11-30/h3,5-6,10,14,30H,7-9,11H2,1-2H3,(H,23,24,25)/t14-,21-/m1/s1. The van der Waals surface area contributed by atoms with Crippen molar-refractivity contribution < 1.29 is 5.11 Å². The number of rotatable bonds is 5. The zero-order valence-electron chi connectivity index (χ0n) is 17.1. The number of aryl methyl sites for hydroxylation is 1. The Kier molecular flexibility index (Phi) is 5.23. The van der Waals surface area contributed by atoms with Gasteiger partial charge in [0.05, 0.1) is 11.1 Å². The van der Waals surface area contributed by atoms with Gasteiger partial charge in [-0.25, -0.2) is 9.67 Å². The van der Waals surface area contributed by atoms with Crippen molar-refractivity contribution in [1.29, 1.82) is 0 Å². The molecule has 5 rings (SSSR count). The molecule has 0 unspecified atom stereocenters. The number of halogens is 1. The average Bonchev–Trinajstić information content (AvgIpc) is 3.46. The van der Waals surface area contributed by atoms with Crippen molar-refractivity contribution in [3.8, 4) is 16.3 Å². The van der Waals surface area contributed by atoms with Crippen LogP contribution in [0.1, 0.15) is 31.2 Å². The Morgan fingerprint density at radius 1 is 1.39 bits per heavy atom. The lowest BCUT2D eigenvalue weighted by molar-refractivity contribution is 0.148. The maximum atomic E-state index is 9.62. The summed E-state index contributed by atoms with van der Waals surface area (Å²) in [7, 11) is 0. The van der Waals surface area contributed by atoms with Crippen LogP contribution in [0.3, 0.4) is 0 Å². The number of benzene rings is 1. The van der Waals surface area contributed by atoms with E-state index in [1.165, 1.54) is 11.3 Å². The molecular formula is C21H21BrN7OS. The van der Waals surface area contributed by atoms with Crippen LogP contribution >= 0.6 is 27.3 Å². The Bertz CT molecular complexity index is 1240. The number of nitrogens with one attached hydrogen (secondary N) is 1. The van der Waals surface area contributed by atoms with Crippen molar-refractivity contribution in [3.63, 3.8) is 0 Å². The second-order valence-corrected chi connectivity index (χ2v) is 10.2. The molecule has 1 saturated carbocycles. The number of nitrogens with zero attached hydrogens (tertiary/aromatic N) is 6. The van der Waals surface area contributed by atoms with Gasteiger partial charge in [-0.1, -0.05) is 18.3 Å². The Hall–Kier alpha value is -2.43. The minimum Gasteiger partial charge on any atom is -0.396 e. The fourth-order valence-corrected chi connectivity index (χ4v) is 5.09. The first-order valence-corrected chi connectivity index (χ1v) is 11.7. The molecule has 1 fully saturated rings. The lowest BCUT2D eigenvalue weighted by Crippen LogP contribution is -2.22. The maximum absolute atomic E-state index is 9.62. The highest BCUT2D eigenvalue weighted by Crippen LogP contribution is 2.38. The van der Waals surface area contributed by atoms with E-state index in [-0.39, 0.29) is 18.1 Å². The fourth-order valence-electron chi connectivity index (χ4n) is 3.98. The molecule has 0 spiro atoms. The molecule has 1 aliphatic carbocycles. The monoisotopic (exact) mass is 498 g/mol. The van der Waals surface area contributed by atoms with Crippen molar-refractivity contribution in [2.45, 2.75) is 39.2 Å². The van der Waals surface area contributed by atoms with Crippen LogP contribution in [0.4, 0.5) is 5.95 Å². The van der Waals surface area contributed by atoms with E-state index in [0.29, 0.717) is 16.2 Å². The highest BCUT2D eigenvalue weighted by molar-refractivity contribution is 9.10. The van der Waals surface area contributed by atoms with Gasteiger partial charge in [-0.2, -0.15) is 10.1 Å². The summed E-state index contributed by atoms with van der Waals surface area (Å²) in [6.07, 6.45) is 4.65. The lowest BCUT2D eigenvalue weighted by Gasteiger charge is -2.20. The number of fused-ring (bicyclic) bond motifs is 1. The normalized spacial score (nSPS) is 21.1. The molecule has 4 aromatic rings. The van der Waals surface area contributed by atoms with E-state index in [1.807, 2.05) is 25.1 Å². The van der Waals surface area contributed by atoms with E-state index < -0.39 is 0 Å². The van der Waals surface area contributed by atoms with Gasteiger partial charge in [-0.05, 0) is 71.8 Å². The van der Waals surface area contributed by atoms with Crippen molar-refractivity contribution in [1.82, 2.24) is 29.9 Å². The molecule has 1 aliphatic rings. The highest BCUT2D eigenvalue weighted by Gasteiger charge is 2.34. The number of hydrogen-bond acceptors (Lipinski definition) is 8. The first-order valence-electron chi connectivity index (χ1n) is 10.1. The number of aliphatic hydroxyl groups excluding tert-OH is 1. The van der Waals surface area contributed by atoms with Crippen LogP contribution in [0.5, 0.6) is 0 Å². The van der Waals surface area contributed by atoms with E-state index >= 15 is 0 Å². The fraction of sp³-hybridized carbons (Fsp3) is 0.381. The van der Waals surface area contributed by atoms with Gasteiger partial charge in [0.15, 0.2) is 5.65 Å². The highest BCUT2D eigenvalue weighted by atomic mass is 79.9. The molecule has 3 heterocycles. The Morgan fingerprint density at radius 2 is 2.26 bits per heavy atom. The first-order chi connectivity index (χ1) is 14.9. The van der Waals surface area contributed by atoms with Crippen molar-refractivity contribution in [2.24, 2.45) is 5.41 Å². The molecule has 1 aromatic carbocycles. The van der Waals surface area contributed by atoms with Gasteiger partial charge in [-0.15, -0.1) is 10.2 Å². The molecular weight excluding hydrogens is 478 g/mol. The van der Waals surface area contributed by atoms with Gasteiger partial charge in [0.25, 0.3) is 0 Å². The van der Waals surface area contributed by atoms with E-state index in [2.05, 4.69) is 54.5 Å². The van der Waals surface area contributed by atoms with Crippen LogP contribution < -0.4 is 5.32 Å². The molecule has 3 aromatic heterocycles. The summed E-state index contributed by atoms with van der Waals surface area (Å²) in [4.78, 5) is 9.22. The molecule has 0 amide bonds. The summed E-state index contributed by atoms with van der Waals surface area (Å²) in [6.45, 7) is 4.26. The van der Waals surface area contributed by atoms with E-state index in [9.17, 15) is 5.11 Å². The zero-order valence-corrected chi connectivity index (χ0v) is 19.5. The van der Waals surface area contributed by atoms with Crippen LogP contribution in [0.25, 0.3) is 27.3 Å². The van der Waals surface area contributed by atoms with Gasteiger partial charge in [-0.3, -0.25) is 0 Å². The summed E-state index contributed by atoms with van der Waals surface area (Å²) in [5.41, 5.74) is 2.42. The van der Waals surface area contributed by atoms with Gasteiger partial charge in [0.1, 0.15) is 14.6 Å². The second-order valence-electron chi connectivity index (χ2n) is 8.27. The summed E-state index contributed by atoms with van der Waals surface area (Å²) in [5.74, 6) is 0.568. The maximum Gasteiger partial charge on any atom is 0.224 e. The first kappa shape index (κ1) is 20.5. The predicted molar refractivity (Wildman–Crippen MR) is 123 cm³/mol. The molecule has 0 aliphatic heterocycles. The van der Waals surface area contributed by atoms with Gasteiger partial charge >= 0.3 is 0 Å². The molecule has 0 bridgehead atoms. The minimum absolute atomic E-state index is 0.0321. The Balaban J connectivity index is 1.44. The van der Waals surface area contributed by atoms with E-state index in [4.69, 9.17) is 4.98 Å². The summed E-state index contributed by atoms with van der Waals surface area (Å²) >= 11 is 5.06. The van der Waals surface area contributed by atoms with Crippen LogP contribution in [0, 0.1) is 18.4 Å². The molecule has 2 atom stereocenters. The van der Waals surface area contributed by atoms with Gasteiger partial charge in [0, 0.05) is 24.4 Å². The Labute approximate surface area is 191 Å². The van der Waals surface area contributed by atoms with E-state index in [0.717, 1.165) is 45.9 Å². The molecule has 31 heavy (non-hydrogen) atoms. The molecule has 159 valence electrons. The van der Waals surface area contributed by atoms with Crippen LogP contribution in [0.15, 0.2) is 29.0 Å². The smallest absolute Gasteiger partial charge is 0.224 e. The summed E-state index contributed by atoms with van der Waals surface area (Å²) in [5, 5.41) is 28.5. The number of aliphatic hydroxyl groups is 1. The number of aromatic nitrogens is 6. The molecule has 1 radical (unpaired) electrons. The van der Waals surface area contributed by atoms with Crippen LogP contribution in [0.2, 0.25) is 0 Å². The summed E-state index contributed by atoms with van der Waals surface area (Å²) < 4.78 is 2.47. The number of anilines is 1. The molecule has 2 N–H and O–H groups in total. The van der Waals surface area contributed by atoms with Crippen LogP contribution in [-0.2, 0) is 0 Å². The SMILES string of the molecule is Cc1nnc(-c2[c]cc(-n3nc(Br)c4cnc(N[C@@H]5CC[C@@](C)(CO)C5)nc43)cc2)s1. The number of hydrogen-bond donors (Lipinski definition) is 2. The third-order valence-electron chi connectivity index (χ3n) is 5.73. The minimum atomic E-state index is -0.0321. The lowest BCUT2D eigenvalue weighted by atomic mass is 9.90. The topological polar surface area (TPSA) is 102 Å². The zero-order chi connectivity index (χ0) is 21.6. The molecule has 8 nitrogen and oxygen atoms in total. The largest absolute Gasteiger partial charge is 0.396 e. The quantitative estimate of drug-likeness (QED) is 0.425. The van der Waals surface area contributed by atoms with Crippen molar-refractivity contribution in [3.05, 3.63) is 40.1 Å². The third kappa shape index (κ3) is 3.95. The van der Waals surface area contributed by atoms with Gasteiger partial charge < -0.3 is 10.4 Å². The summed E-state index contributed by atoms with van der Waals surface area (Å²) in [6, 6.07) is 9.34. The predicted octanol–water partition coefficient (Wildman–Crippen LogP) is 4.17. The second kappa shape index (κ2) is 7.92.